The molecule has 1 aromatic carbocycles. The summed E-state index contributed by atoms with van der Waals surface area (Å²) in [5.41, 5.74) is 6.10. The Kier molecular flexibility index (Phi) is 6.16. The molecule has 1 aliphatic heterocycles. The summed E-state index contributed by atoms with van der Waals surface area (Å²) >= 11 is 0. The van der Waals surface area contributed by atoms with Crippen LogP contribution in [0.4, 0.5) is 17.3 Å². The quantitative estimate of drug-likeness (QED) is 0.577. The molecule has 5 rings (SSSR count). The maximum absolute atomic E-state index is 12.8. The number of aromatic nitrogens is 4. The van der Waals surface area contributed by atoms with E-state index in [0.29, 0.717) is 11.6 Å². The first kappa shape index (κ1) is 22.3. The molecule has 10 heteroatoms. The van der Waals surface area contributed by atoms with E-state index in [-0.39, 0.29) is 5.91 Å². The summed E-state index contributed by atoms with van der Waals surface area (Å²) in [7, 11) is 4.90. The fourth-order valence-corrected chi connectivity index (χ4v) is 4.52. The number of carbonyl (C=O) groups excluding carboxylic acids is 1. The minimum absolute atomic E-state index is 0.268. The van der Waals surface area contributed by atoms with Crippen molar-refractivity contribution in [3.05, 3.63) is 47.3 Å². The lowest BCUT2D eigenvalue weighted by Crippen LogP contribution is -2.36. The molecular weight excluding hydrogens is 434 g/mol. The van der Waals surface area contributed by atoms with Gasteiger partial charge in [-0.15, -0.1) is 0 Å². The third-order valence-electron chi connectivity index (χ3n) is 6.37. The lowest BCUT2D eigenvalue weighted by molar-refractivity contribution is -0.0761. The van der Waals surface area contributed by atoms with Crippen LogP contribution in [0.1, 0.15) is 28.0 Å². The topological polar surface area (TPSA) is 97.6 Å². The van der Waals surface area contributed by atoms with Crippen molar-refractivity contribution in [2.45, 2.75) is 19.3 Å². The van der Waals surface area contributed by atoms with E-state index in [9.17, 15) is 4.79 Å². The molecule has 0 saturated carbocycles. The number of morpholine rings is 1. The number of fused-ring (bicyclic) bond motifs is 3. The first-order chi connectivity index (χ1) is 16.5. The van der Waals surface area contributed by atoms with Gasteiger partial charge in [-0.1, -0.05) is 0 Å². The van der Waals surface area contributed by atoms with Crippen LogP contribution in [-0.4, -0.2) is 71.2 Å². The number of carbonyl (C=O) groups is 1. The summed E-state index contributed by atoms with van der Waals surface area (Å²) < 4.78 is 7.18. The lowest BCUT2D eigenvalue weighted by atomic mass is 10.1. The van der Waals surface area contributed by atoms with Gasteiger partial charge < -0.3 is 15.0 Å². The maximum Gasteiger partial charge on any atom is 0.297 e. The first-order valence-electron chi connectivity index (χ1n) is 11.5. The van der Waals surface area contributed by atoms with Gasteiger partial charge in [0.05, 0.1) is 31.7 Å². The van der Waals surface area contributed by atoms with Crippen molar-refractivity contribution in [1.29, 1.82) is 0 Å². The summed E-state index contributed by atoms with van der Waals surface area (Å²) in [6.45, 7) is 3.32. The number of ether oxygens (including phenoxy) is 1. The summed E-state index contributed by atoms with van der Waals surface area (Å²) in [5.74, 6) is 0.240. The molecule has 1 fully saturated rings. The van der Waals surface area contributed by atoms with E-state index in [1.807, 2.05) is 25.4 Å². The lowest BCUT2D eigenvalue weighted by Gasteiger charge is -2.28. The van der Waals surface area contributed by atoms with Gasteiger partial charge >= 0.3 is 0 Å². The highest BCUT2D eigenvalue weighted by Gasteiger charge is 2.29. The Bertz CT molecular complexity index is 1190. The minimum Gasteiger partial charge on any atom is -0.378 e. The summed E-state index contributed by atoms with van der Waals surface area (Å²) in [6.07, 6.45) is 4.34. The molecule has 0 radical (unpaired) electrons. The van der Waals surface area contributed by atoms with Crippen LogP contribution in [0.3, 0.4) is 0 Å². The fourth-order valence-electron chi connectivity index (χ4n) is 4.52. The van der Waals surface area contributed by atoms with Gasteiger partial charge in [0.15, 0.2) is 5.69 Å². The van der Waals surface area contributed by atoms with Gasteiger partial charge in [0.25, 0.3) is 5.91 Å². The Labute approximate surface area is 198 Å². The van der Waals surface area contributed by atoms with E-state index in [4.69, 9.17) is 14.6 Å². The Hall–Kier alpha value is -3.50. The van der Waals surface area contributed by atoms with E-state index < -0.39 is 0 Å². The van der Waals surface area contributed by atoms with Crippen molar-refractivity contribution in [3.63, 3.8) is 0 Å². The van der Waals surface area contributed by atoms with Crippen molar-refractivity contribution in [1.82, 2.24) is 24.8 Å². The highest BCUT2D eigenvalue weighted by Crippen LogP contribution is 2.34. The standard InChI is InChI=1S/C24H29N7O3/c1-29-22-19(21(28-29)23(32)30(2)33-3)6-4-5-16-15-25-24(27-20(16)22)26-17-7-9-18(10-8-17)31-11-13-34-14-12-31/h7-10,15H,4-6,11-14H2,1-3H3,(H,25,26,27). The Morgan fingerprint density at radius 1 is 1.18 bits per heavy atom. The van der Waals surface area contributed by atoms with Crippen molar-refractivity contribution < 1.29 is 14.4 Å². The average Bonchev–Trinajstić information content (AvgIpc) is 3.08. The molecule has 34 heavy (non-hydrogen) atoms. The molecule has 2 aromatic heterocycles. The number of hydrogen-bond donors (Lipinski definition) is 1. The zero-order valence-electron chi connectivity index (χ0n) is 19.7. The predicted molar refractivity (Wildman–Crippen MR) is 128 cm³/mol. The second kappa shape index (κ2) is 9.40. The minimum atomic E-state index is -0.268. The number of aryl methyl sites for hydroxylation is 2. The van der Waals surface area contributed by atoms with Crippen molar-refractivity contribution in [2.75, 3.05) is 50.7 Å². The first-order valence-corrected chi connectivity index (χ1v) is 11.5. The predicted octanol–water partition coefficient (Wildman–Crippen LogP) is 2.58. The van der Waals surface area contributed by atoms with E-state index in [2.05, 4.69) is 32.4 Å². The maximum atomic E-state index is 12.8. The van der Waals surface area contributed by atoms with Crippen LogP contribution < -0.4 is 10.2 Å². The molecule has 1 aliphatic carbocycles. The number of nitrogens with zero attached hydrogens (tertiary/aromatic N) is 6. The molecule has 0 atom stereocenters. The summed E-state index contributed by atoms with van der Waals surface area (Å²) in [5, 5.41) is 9.04. The van der Waals surface area contributed by atoms with Gasteiger partial charge in [-0.2, -0.15) is 5.10 Å². The van der Waals surface area contributed by atoms with Crippen LogP contribution in [0.15, 0.2) is 30.5 Å². The number of nitrogens with one attached hydrogen (secondary N) is 1. The van der Waals surface area contributed by atoms with E-state index >= 15 is 0 Å². The number of amides is 1. The molecule has 10 nitrogen and oxygen atoms in total. The molecule has 3 aromatic rings. The van der Waals surface area contributed by atoms with Gasteiger partial charge in [0, 0.05) is 50.3 Å². The largest absolute Gasteiger partial charge is 0.378 e. The van der Waals surface area contributed by atoms with E-state index in [0.717, 1.165) is 73.8 Å². The molecule has 1 saturated heterocycles. The van der Waals surface area contributed by atoms with Crippen LogP contribution in [0, 0.1) is 0 Å². The van der Waals surface area contributed by atoms with Crippen molar-refractivity contribution >= 4 is 23.2 Å². The SMILES string of the molecule is CON(C)C(=O)c1nn(C)c2c1CCCc1cnc(Nc3ccc(N4CCOCC4)cc3)nc1-2. The van der Waals surface area contributed by atoms with Gasteiger partial charge in [-0.05, 0) is 49.1 Å². The molecule has 0 bridgehead atoms. The molecular formula is C24H29N7O3. The van der Waals surface area contributed by atoms with Crippen molar-refractivity contribution in [2.24, 2.45) is 7.05 Å². The summed E-state index contributed by atoms with van der Waals surface area (Å²) in [4.78, 5) is 29.6. The zero-order chi connectivity index (χ0) is 23.7. The Morgan fingerprint density at radius 3 is 2.68 bits per heavy atom. The normalized spacial score (nSPS) is 15.3. The third kappa shape index (κ3) is 4.22. The smallest absolute Gasteiger partial charge is 0.297 e. The molecule has 1 amide bonds. The van der Waals surface area contributed by atoms with Crippen LogP contribution in [-0.2, 0) is 29.5 Å². The number of hydroxylamine groups is 2. The third-order valence-corrected chi connectivity index (χ3v) is 6.37. The fraction of sp³-hybridized carbons (Fsp3) is 0.417. The number of anilines is 3. The van der Waals surface area contributed by atoms with E-state index in [1.165, 1.54) is 17.9 Å². The highest BCUT2D eigenvalue weighted by atomic mass is 16.7. The average molecular weight is 464 g/mol. The van der Waals surface area contributed by atoms with Crippen LogP contribution in [0.2, 0.25) is 0 Å². The molecule has 1 N–H and O–H groups in total. The molecule has 0 spiro atoms. The molecule has 178 valence electrons. The molecule has 0 unspecified atom stereocenters. The van der Waals surface area contributed by atoms with Crippen LogP contribution >= 0.6 is 0 Å². The molecule has 2 aliphatic rings. The Morgan fingerprint density at radius 2 is 1.94 bits per heavy atom. The number of hydrogen-bond acceptors (Lipinski definition) is 8. The monoisotopic (exact) mass is 463 g/mol. The van der Waals surface area contributed by atoms with Gasteiger partial charge in [-0.25, -0.2) is 15.0 Å². The van der Waals surface area contributed by atoms with Gasteiger partial charge in [0.2, 0.25) is 5.95 Å². The second-order valence-corrected chi connectivity index (χ2v) is 8.48. The zero-order valence-corrected chi connectivity index (χ0v) is 19.7. The van der Waals surface area contributed by atoms with Crippen LogP contribution in [0.25, 0.3) is 11.4 Å². The number of benzene rings is 1. The highest BCUT2D eigenvalue weighted by molar-refractivity contribution is 5.95. The van der Waals surface area contributed by atoms with Crippen molar-refractivity contribution in [3.8, 4) is 11.4 Å². The van der Waals surface area contributed by atoms with Gasteiger partial charge in [-0.3, -0.25) is 14.3 Å². The van der Waals surface area contributed by atoms with E-state index in [1.54, 1.807) is 11.7 Å². The van der Waals surface area contributed by atoms with Crippen LogP contribution in [0.5, 0.6) is 0 Å². The summed E-state index contributed by atoms with van der Waals surface area (Å²) in [6, 6.07) is 8.26. The van der Waals surface area contributed by atoms with Gasteiger partial charge in [0.1, 0.15) is 0 Å². The Balaban J connectivity index is 1.43. The molecule has 3 heterocycles. The second-order valence-electron chi connectivity index (χ2n) is 8.48. The number of rotatable bonds is 5.